The summed E-state index contributed by atoms with van der Waals surface area (Å²) in [5.74, 6) is -2.00. The summed E-state index contributed by atoms with van der Waals surface area (Å²) in [6, 6.07) is 0. The van der Waals surface area contributed by atoms with E-state index in [1.54, 1.807) is 4.98 Å². The molecule has 0 aromatic carbocycles. The Labute approximate surface area is 247 Å². The molecule has 1 saturated heterocycles. The van der Waals surface area contributed by atoms with Gasteiger partial charge in [0.25, 0.3) is 5.56 Å². The highest BCUT2D eigenvalue weighted by Crippen LogP contribution is 2.46. The van der Waals surface area contributed by atoms with Gasteiger partial charge in [-0.2, -0.15) is 4.39 Å². The highest BCUT2D eigenvalue weighted by atomic mass is 31.2. The number of halogens is 1. The molecule has 0 bridgehead atoms. The number of aromatic nitrogens is 2. The number of hydrogen-bond donors (Lipinski definition) is 3. The Bertz CT molecular complexity index is 1110. The average Bonchev–Trinajstić information content (AvgIpc) is 3.28. The molecule has 1 fully saturated rings. The van der Waals surface area contributed by atoms with Crippen LogP contribution in [0.5, 0.6) is 0 Å². The molecule has 13 heteroatoms. The number of rotatable bonds is 23. The van der Waals surface area contributed by atoms with Gasteiger partial charge in [0.2, 0.25) is 5.82 Å². The fourth-order valence-electron chi connectivity index (χ4n) is 5.16. The van der Waals surface area contributed by atoms with E-state index in [0.29, 0.717) is 17.2 Å². The van der Waals surface area contributed by atoms with E-state index in [9.17, 15) is 33.3 Å². The van der Waals surface area contributed by atoms with Crippen LogP contribution in [0.1, 0.15) is 129 Å². The van der Waals surface area contributed by atoms with Gasteiger partial charge in [-0.3, -0.25) is 28.2 Å². The Morgan fingerprint density at radius 3 is 2.00 bits per heavy atom. The molecular weight excluding hydrogens is 570 g/mol. The van der Waals surface area contributed by atoms with Crippen LogP contribution in [0.25, 0.3) is 0 Å². The van der Waals surface area contributed by atoms with E-state index in [0.717, 1.165) is 26.2 Å². The van der Waals surface area contributed by atoms with Gasteiger partial charge < -0.3 is 14.7 Å². The number of carbonyl (C=O) groups excluding carboxylic acids is 1. The van der Waals surface area contributed by atoms with Crippen LogP contribution in [-0.2, 0) is 23.1 Å². The molecule has 0 aliphatic carbocycles. The van der Waals surface area contributed by atoms with Crippen molar-refractivity contribution in [1.29, 1.82) is 0 Å². The van der Waals surface area contributed by atoms with Crippen LogP contribution in [0.4, 0.5) is 4.39 Å². The number of H-pyrrole nitrogens is 1. The molecule has 1 aliphatic heterocycles. The normalized spacial score (nSPS) is 21.9. The fraction of sp³-hybridized carbons (Fsp3) is 0.828. The van der Waals surface area contributed by atoms with Crippen molar-refractivity contribution in [1.82, 2.24) is 9.55 Å². The molecule has 0 saturated carbocycles. The number of unbranched alkanes of at least 4 members (excludes halogenated alkanes) is 15. The van der Waals surface area contributed by atoms with Gasteiger partial charge in [-0.05, 0) is 13.3 Å². The Balaban J connectivity index is 1.60. The second kappa shape index (κ2) is 18.9. The van der Waals surface area contributed by atoms with Crippen molar-refractivity contribution in [3.63, 3.8) is 0 Å². The topological polar surface area (TPSA) is 157 Å². The standard InChI is InChI=1S/C29H50FN2O9P/c1-3-4-5-6-7-8-9-10-11-12-13-14-15-16-17-18-19-39-42(37,38)40-22-25-29(36,23(2)33)20-26(41-25)32-21-24(30)27(34)31-28(32)35/h21,25-26,36H,3-20,22H2,1-2H3,(H,37,38)(H,31,34,35)/t25-,26-,29-/m1/s1. The lowest BCUT2D eigenvalue weighted by atomic mass is 9.91. The van der Waals surface area contributed by atoms with Crippen LogP contribution in [0, 0.1) is 5.82 Å². The second-order valence-electron chi connectivity index (χ2n) is 11.3. The first-order chi connectivity index (χ1) is 20.0. The molecule has 3 N–H and O–H groups in total. The lowest BCUT2D eigenvalue weighted by Gasteiger charge is -2.25. The van der Waals surface area contributed by atoms with E-state index >= 15 is 0 Å². The summed E-state index contributed by atoms with van der Waals surface area (Å²) in [5.41, 5.74) is -4.41. The van der Waals surface area contributed by atoms with E-state index in [2.05, 4.69) is 6.92 Å². The van der Waals surface area contributed by atoms with Gasteiger partial charge in [0.1, 0.15) is 12.3 Å². The maximum Gasteiger partial charge on any atom is 0.472 e. The third-order valence-electron chi connectivity index (χ3n) is 7.83. The minimum atomic E-state index is -4.52. The molecule has 11 nitrogen and oxygen atoms in total. The minimum absolute atomic E-state index is 0.00337. The molecule has 2 heterocycles. The second-order valence-corrected chi connectivity index (χ2v) is 12.8. The van der Waals surface area contributed by atoms with Gasteiger partial charge in [0.05, 0.1) is 19.4 Å². The van der Waals surface area contributed by atoms with Crippen LogP contribution < -0.4 is 11.2 Å². The summed E-state index contributed by atoms with van der Waals surface area (Å²) in [5, 5.41) is 10.9. The molecule has 42 heavy (non-hydrogen) atoms. The Hall–Kier alpha value is -1.69. The summed E-state index contributed by atoms with van der Waals surface area (Å²) in [7, 11) is -4.52. The van der Waals surface area contributed by atoms with Gasteiger partial charge in [-0.15, -0.1) is 0 Å². The van der Waals surface area contributed by atoms with E-state index in [4.69, 9.17) is 13.8 Å². The first-order valence-electron chi connectivity index (χ1n) is 15.5. The number of hydrogen-bond acceptors (Lipinski definition) is 8. The number of ether oxygens (including phenoxy) is 1. The van der Waals surface area contributed by atoms with Crippen molar-refractivity contribution in [2.75, 3.05) is 13.2 Å². The Morgan fingerprint density at radius 1 is 1.00 bits per heavy atom. The highest BCUT2D eigenvalue weighted by Gasteiger charge is 2.52. The molecule has 0 radical (unpaired) electrons. The number of carbonyl (C=O) groups is 1. The molecule has 1 aliphatic rings. The minimum Gasteiger partial charge on any atom is -0.379 e. The monoisotopic (exact) mass is 620 g/mol. The predicted molar refractivity (Wildman–Crippen MR) is 157 cm³/mol. The number of aliphatic hydroxyl groups is 1. The van der Waals surface area contributed by atoms with Gasteiger partial charge in [0.15, 0.2) is 11.4 Å². The van der Waals surface area contributed by atoms with Gasteiger partial charge in [-0.25, -0.2) is 9.36 Å². The molecule has 4 atom stereocenters. The zero-order chi connectivity index (χ0) is 31.0. The summed E-state index contributed by atoms with van der Waals surface area (Å²) >= 11 is 0. The summed E-state index contributed by atoms with van der Waals surface area (Å²) in [4.78, 5) is 47.4. The third-order valence-corrected chi connectivity index (χ3v) is 8.81. The highest BCUT2D eigenvalue weighted by molar-refractivity contribution is 7.47. The number of phosphoric acid groups is 1. The number of phosphoric ester groups is 1. The summed E-state index contributed by atoms with van der Waals surface area (Å²) in [6.45, 7) is 2.64. The maximum atomic E-state index is 13.7. The number of nitrogens with zero attached hydrogens (tertiary/aromatic N) is 1. The van der Waals surface area contributed by atoms with Crippen molar-refractivity contribution in [3.05, 3.63) is 32.9 Å². The van der Waals surface area contributed by atoms with E-state index in [-0.39, 0.29) is 6.61 Å². The molecule has 242 valence electrons. The first-order valence-corrected chi connectivity index (χ1v) is 17.0. The van der Waals surface area contributed by atoms with Crippen molar-refractivity contribution in [2.24, 2.45) is 0 Å². The predicted octanol–water partition coefficient (Wildman–Crippen LogP) is 5.68. The molecule has 2 rings (SSSR count). The van der Waals surface area contributed by atoms with Crippen molar-refractivity contribution < 1.29 is 37.5 Å². The number of nitrogens with one attached hydrogen (secondary N) is 1. The number of Topliss-reactive ketones (excluding diaryl/α,β-unsaturated/α-hetero) is 1. The molecule has 0 spiro atoms. The average molecular weight is 621 g/mol. The van der Waals surface area contributed by atoms with Gasteiger partial charge >= 0.3 is 13.5 Å². The molecular formula is C29H50FN2O9P. The fourth-order valence-corrected chi connectivity index (χ4v) is 5.92. The number of ketones is 1. The maximum absolute atomic E-state index is 13.7. The molecule has 0 amide bonds. The van der Waals surface area contributed by atoms with Gasteiger partial charge in [-0.1, -0.05) is 103 Å². The van der Waals surface area contributed by atoms with Gasteiger partial charge in [0, 0.05) is 6.42 Å². The van der Waals surface area contributed by atoms with Crippen LogP contribution in [0.2, 0.25) is 0 Å². The molecule has 1 aromatic heterocycles. The van der Waals surface area contributed by atoms with Crippen molar-refractivity contribution in [3.8, 4) is 0 Å². The van der Waals surface area contributed by atoms with E-state index in [1.165, 1.54) is 77.0 Å². The van der Waals surface area contributed by atoms with Crippen molar-refractivity contribution >= 4 is 13.6 Å². The van der Waals surface area contributed by atoms with Crippen molar-refractivity contribution in [2.45, 2.75) is 141 Å². The molecule has 1 unspecified atom stereocenters. The van der Waals surface area contributed by atoms with E-state index < -0.39 is 61.6 Å². The first kappa shape index (κ1) is 36.5. The number of aromatic amines is 1. The Kier molecular flexibility index (Phi) is 16.4. The Morgan fingerprint density at radius 2 is 1.50 bits per heavy atom. The lowest BCUT2D eigenvalue weighted by molar-refractivity contribution is -0.144. The van der Waals surface area contributed by atoms with Crippen LogP contribution in [0.3, 0.4) is 0 Å². The van der Waals surface area contributed by atoms with Crippen LogP contribution >= 0.6 is 7.82 Å². The zero-order valence-corrected chi connectivity index (χ0v) is 26.1. The van der Waals surface area contributed by atoms with Crippen LogP contribution in [0.15, 0.2) is 15.8 Å². The molecule has 1 aromatic rings. The summed E-state index contributed by atoms with van der Waals surface area (Å²) in [6.07, 6.45) is 16.7. The SMILES string of the molecule is CCCCCCCCCCCCCCCCCCOP(=O)(O)OC[C@H]1O[C@@H](n2cc(F)c(=O)[nH]c2=O)C[C@@]1(O)C(C)=O. The zero-order valence-electron chi connectivity index (χ0n) is 25.2. The smallest absolute Gasteiger partial charge is 0.379 e. The third kappa shape index (κ3) is 12.5. The quantitative estimate of drug-likeness (QED) is 0.103. The largest absolute Gasteiger partial charge is 0.472 e. The lowest BCUT2D eigenvalue weighted by Crippen LogP contribution is -2.47. The van der Waals surface area contributed by atoms with E-state index in [1.807, 2.05) is 0 Å². The van der Waals surface area contributed by atoms with Crippen LogP contribution in [-0.4, -0.2) is 50.3 Å². The summed E-state index contributed by atoms with van der Waals surface area (Å²) < 4.78 is 42.3.